The lowest BCUT2D eigenvalue weighted by molar-refractivity contribution is -0.137. The number of rotatable bonds is 6. The van der Waals surface area contributed by atoms with Crippen molar-refractivity contribution >= 4 is 23.4 Å². The lowest BCUT2D eigenvalue weighted by Crippen LogP contribution is -2.17. The number of anilines is 1. The van der Waals surface area contributed by atoms with Crippen molar-refractivity contribution in [1.82, 2.24) is 14.8 Å². The summed E-state index contributed by atoms with van der Waals surface area (Å²) in [5.74, 6) is 0.354. The Bertz CT molecular complexity index is 958. The number of nitrogens with zero attached hydrogens (tertiary/aromatic N) is 3. The molecule has 0 bridgehead atoms. The number of hydrogen-bond acceptors (Lipinski definition) is 4. The Kier molecular flexibility index (Phi) is 6.03. The maximum Gasteiger partial charge on any atom is 0.416 e. The Morgan fingerprint density at radius 2 is 2.04 bits per heavy atom. The second-order valence-corrected chi connectivity index (χ2v) is 7.09. The number of halogens is 3. The molecule has 3 aromatic rings. The van der Waals surface area contributed by atoms with Gasteiger partial charge in [-0.2, -0.15) is 18.3 Å². The SMILES string of the molecule is Cc1cccc(CSCC(=O)Nc2cc(C(F)(F)F)ccc2-n2cncn2)c1. The molecule has 2 aromatic carbocycles. The number of hydrogen-bond donors (Lipinski definition) is 1. The first-order chi connectivity index (χ1) is 13.3. The van der Waals surface area contributed by atoms with Gasteiger partial charge in [-0.15, -0.1) is 11.8 Å². The summed E-state index contributed by atoms with van der Waals surface area (Å²) in [7, 11) is 0. The van der Waals surface area contributed by atoms with Crippen molar-refractivity contribution in [3.63, 3.8) is 0 Å². The molecule has 146 valence electrons. The molecular formula is C19H17F3N4OS. The van der Waals surface area contributed by atoms with E-state index in [-0.39, 0.29) is 11.4 Å². The molecule has 0 atom stereocenters. The van der Waals surface area contributed by atoms with Crippen LogP contribution in [-0.4, -0.2) is 26.4 Å². The van der Waals surface area contributed by atoms with Gasteiger partial charge in [0, 0.05) is 5.75 Å². The molecule has 1 amide bonds. The molecule has 28 heavy (non-hydrogen) atoms. The van der Waals surface area contributed by atoms with Gasteiger partial charge in [-0.25, -0.2) is 9.67 Å². The first-order valence-corrected chi connectivity index (χ1v) is 9.48. The average Bonchev–Trinajstić information content (AvgIpc) is 3.15. The molecule has 0 spiro atoms. The molecule has 1 N–H and O–H groups in total. The van der Waals surface area contributed by atoms with Gasteiger partial charge < -0.3 is 5.32 Å². The normalized spacial score (nSPS) is 11.4. The average molecular weight is 406 g/mol. The predicted molar refractivity (Wildman–Crippen MR) is 102 cm³/mol. The standard InChI is InChI=1S/C19H17F3N4OS/c1-13-3-2-4-14(7-13)9-28-10-18(27)25-16-8-15(19(20,21)22)5-6-17(16)26-12-23-11-24-26/h2-8,11-12H,9-10H2,1H3,(H,25,27). The van der Waals surface area contributed by atoms with Crippen molar-refractivity contribution < 1.29 is 18.0 Å². The zero-order valence-corrected chi connectivity index (χ0v) is 15.7. The van der Waals surface area contributed by atoms with Crippen LogP contribution in [0.15, 0.2) is 55.1 Å². The van der Waals surface area contributed by atoms with Crippen LogP contribution in [0.4, 0.5) is 18.9 Å². The fraction of sp³-hybridized carbons (Fsp3) is 0.211. The maximum absolute atomic E-state index is 13.1. The summed E-state index contributed by atoms with van der Waals surface area (Å²) >= 11 is 1.39. The van der Waals surface area contributed by atoms with E-state index < -0.39 is 17.6 Å². The van der Waals surface area contributed by atoms with E-state index in [1.165, 1.54) is 35.2 Å². The predicted octanol–water partition coefficient (Wildman–Crippen LogP) is 4.47. The number of carbonyl (C=O) groups is 1. The molecular weight excluding hydrogens is 389 g/mol. The van der Waals surface area contributed by atoms with Gasteiger partial charge >= 0.3 is 6.18 Å². The van der Waals surface area contributed by atoms with E-state index in [1.807, 2.05) is 31.2 Å². The van der Waals surface area contributed by atoms with Crippen molar-refractivity contribution in [2.24, 2.45) is 0 Å². The van der Waals surface area contributed by atoms with E-state index in [0.717, 1.165) is 23.3 Å². The topological polar surface area (TPSA) is 59.8 Å². The van der Waals surface area contributed by atoms with Gasteiger partial charge in [-0.1, -0.05) is 29.8 Å². The van der Waals surface area contributed by atoms with Gasteiger partial charge in [0.1, 0.15) is 12.7 Å². The van der Waals surface area contributed by atoms with Gasteiger partial charge in [0.25, 0.3) is 0 Å². The summed E-state index contributed by atoms with van der Waals surface area (Å²) < 4.78 is 40.5. The van der Waals surface area contributed by atoms with Crippen LogP contribution in [0.5, 0.6) is 0 Å². The van der Waals surface area contributed by atoms with Gasteiger partial charge in [0.15, 0.2) is 0 Å². The Labute approximate surface area is 164 Å². The van der Waals surface area contributed by atoms with Gasteiger partial charge in [0.2, 0.25) is 5.91 Å². The van der Waals surface area contributed by atoms with Gasteiger partial charge in [0.05, 0.1) is 22.7 Å². The van der Waals surface area contributed by atoms with Crippen LogP contribution in [0, 0.1) is 6.92 Å². The molecule has 0 saturated carbocycles. The monoisotopic (exact) mass is 406 g/mol. The van der Waals surface area contributed by atoms with E-state index in [1.54, 1.807) is 0 Å². The lowest BCUT2D eigenvalue weighted by Gasteiger charge is -2.14. The number of thioether (sulfide) groups is 1. The summed E-state index contributed by atoms with van der Waals surface area (Å²) in [6.45, 7) is 1.99. The number of carbonyl (C=O) groups excluding carboxylic acids is 1. The van der Waals surface area contributed by atoms with Crippen molar-refractivity contribution in [1.29, 1.82) is 0 Å². The minimum atomic E-state index is -4.51. The second kappa shape index (κ2) is 8.47. The van der Waals surface area contributed by atoms with Crippen LogP contribution < -0.4 is 5.32 Å². The van der Waals surface area contributed by atoms with E-state index in [4.69, 9.17) is 0 Å². The molecule has 0 aliphatic rings. The van der Waals surface area contributed by atoms with Crippen LogP contribution in [0.25, 0.3) is 5.69 Å². The lowest BCUT2D eigenvalue weighted by atomic mass is 10.1. The third-order valence-electron chi connectivity index (χ3n) is 3.85. The molecule has 1 aromatic heterocycles. The highest BCUT2D eigenvalue weighted by atomic mass is 32.2. The number of nitrogens with one attached hydrogen (secondary N) is 1. The van der Waals surface area contributed by atoms with E-state index in [2.05, 4.69) is 15.4 Å². The fourth-order valence-electron chi connectivity index (χ4n) is 2.59. The summed E-state index contributed by atoms with van der Waals surface area (Å²) in [6, 6.07) is 11.0. The van der Waals surface area contributed by atoms with Crippen LogP contribution in [0.3, 0.4) is 0 Å². The molecule has 1 heterocycles. The zero-order chi connectivity index (χ0) is 20.1. The molecule has 5 nitrogen and oxygen atoms in total. The molecule has 0 fully saturated rings. The van der Waals surface area contributed by atoms with Crippen molar-refractivity contribution in [3.05, 3.63) is 71.8 Å². The first-order valence-electron chi connectivity index (χ1n) is 8.32. The Morgan fingerprint density at radius 3 is 2.71 bits per heavy atom. The Balaban J connectivity index is 1.71. The Morgan fingerprint density at radius 1 is 1.21 bits per heavy atom. The fourth-order valence-corrected chi connectivity index (χ4v) is 3.37. The molecule has 0 radical (unpaired) electrons. The summed E-state index contributed by atoms with van der Waals surface area (Å²) in [5.41, 5.74) is 1.70. The minimum absolute atomic E-state index is 0.0291. The smallest absolute Gasteiger partial charge is 0.323 e. The summed E-state index contributed by atoms with van der Waals surface area (Å²) in [4.78, 5) is 16.1. The highest BCUT2D eigenvalue weighted by Crippen LogP contribution is 2.33. The maximum atomic E-state index is 13.1. The number of amides is 1. The molecule has 0 aliphatic carbocycles. The van der Waals surface area contributed by atoms with Gasteiger partial charge in [-0.3, -0.25) is 4.79 Å². The summed E-state index contributed by atoms with van der Waals surface area (Å²) in [5, 5.41) is 6.48. The van der Waals surface area contributed by atoms with Crippen LogP contribution in [0.1, 0.15) is 16.7 Å². The zero-order valence-electron chi connectivity index (χ0n) is 14.9. The quantitative estimate of drug-likeness (QED) is 0.656. The van der Waals surface area contributed by atoms with Crippen LogP contribution >= 0.6 is 11.8 Å². The third-order valence-corrected chi connectivity index (χ3v) is 4.85. The molecule has 9 heteroatoms. The number of alkyl halides is 3. The number of benzene rings is 2. The highest BCUT2D eigenvalue weighted by Gasteiger charge is 2.31. The summed E-state index contributed by atoms with van der Waals surface area (Å²) in [6.07, 6.45) is -1.90. The van der Waals surface area contributed by atoms with Crippen molar-refractivity contribution in [2.45, 2.75) is 18.9 Å². The van der Waals surface area contributed by atoms with E-state index in [0.29, 0.717) is 11.4 Å². The largest absolute Gasteiger partial charge is 0.416 e. The Hall–Kier alpha value is -2.81. The van der Waals surface area contributed by atoms with E-state index in [9.17, 15) is 18.0 Å². The molecule has 0 unspecified atom stereocenters. The van der Waals surface area contributed by atoms with Crippen LogP contribution in [0.2, 0.25) is 0 Å². The first kappa shape index (κ1) is 19.9. The van der Waals surface area contributed by atoms with Crippen LogP contribution in [-0.2, 0) is 16.7 Å². The van der Waals surface area contributed by atoms with Crippen molar-refractivity contribution in [2.75, 3.05) is 11.1 Å². The van der Waals surface area contributed by atoms with Gasteiger partial charge in [-0.05, 0) is 30.7 Å². The minimum Gasteiger partial charge on any atom is -0.323 e. The highest BCUT2D eigenvalue weighted by molar-refractivity contribution is 7.99. The molecule has 0 aliphatic heterocycles. The van der Waals surface area contributed by atoms with Crippen molar-refractivity contribution in [3.8, 4) is 5.69 Å². The van der Waals surface area contributed by atoms with E-state index >= 15 is 0 Å². The molecule has 0 saturated heterocycles. The molecule has 3 rings (SSSR count). The number of aromatic nitrogens is 3. The third kappa shape index (κ3) is 5.13. The number of aryl methyl sites for hydroxylation is 1. The second-order valence-electron chi connectivity index (χ2n) is 6.10.